The van der Waals surface area contributed by atoms with Crippen molar-refractivity contribution < 1.29 is 19.1 Å². The van der Waals surface area contributed by atoms with Gasteiger partial charge in [0, 0.05) is 31.8 Å². The number of ether oxygens (including phenoxy) is 2. The first-order chi connectivity index (χ1) is 9.61. The third kappa shape index (κ3) is 5.45. The van der Waals surface area contributed by atoms with Crippen molar-refractivity contribution in [2.45, 2.75) is 26.2 Å². The van der Waals surface area contributed by atoms with Crippen molar-refractivity contribution in [1.29, 1.82) is 0 Å². The van der Waals surface area contributed by atoms with E-state index < -0.39 is 0 Å². The number of carbonyl (C=O) groups is 2. The molecule has 0 bridgehead atoms. The molecule has 0 aromatic rings. The van der Waals surface area contributed by atoms with Crippen LogP contribution in [0.4, 0.5) is 0 Å². The van der Waals surface area contributed by atoms with Crippen LogP contribution in [0.15, 0.2) is 0 Å². The highest BCUT2D eigenvalue weighted by molar-refractivity contribution is 5.85. The fourth-order valence-corrected chi connectivity index (χ4v) is 2.83. The average molecular weight is 321 g/mol. The van der Waals surface area contributed by atoms with Crippen LogP contribution in [0.1, 0.15) is 26.2 Å². The van der Waals surface area contributed by atoms with E-state index in [-0.39, 0.29) is 29.7 Å². The Morgan fingerprint density at radius 2 is 1.86 bits per heavy atom. The number of hydrogen-bond donors (Lipinski definition) is 1. The van der Waals surface area contributed by atoms with Crippen LogP contribution < -0.4 is 5.32 Å². The largest absolute Gasteiger partial charge is 0.465 e. The van der Waals surface area contributed by atoms with Crippen molar-refractivity contribution in [3.8, 4) is 0 Å². The number of hydrogen-bond acceptors (Lipinski definition) is 5. The van der Waals surface area contributed by atoms with Crippen LogP contribution >= 0.6 is 12.4 Å². The molecule has 6 nitrogen and oxygen atoms in total. The van der Waals surface area contributed by atoms with E-state index in [1.165, 1.54) is 6.92 Å². The molecule has 0 spiro atoms. The molecule has 2 heterocycles. The number of morpholine rings is 1. The molecule has 0 aromatic heterocycles. The van der Waals surface area contributed by atoms with Crippen molar-refractivity contribution in [1.82, 2.24) is 10.2 Å². The minimum Gasteiger partial charge on any atom is -0.465 e. The Balaban J connectivity index is 0.00000220. The zero-order chi connectivity index (χ0) is 14.4. The van der Waals surface area contributed by atoms with E-state index in [0.717, 1.165) is 25.9 Å². The van der Waals surface area contributed by atoms with E-state index in [1.54, 1.807) is 0 Å². The standard InChI is InChI=1S/C14H24N2O4.ClH/c1-12(17)20-11-14(2-4-15-5-3-14)10-13(18)16-6-8-19-9-7-16;/h15H,2-11H2,1H3;1H. The van der Waals surface area contributed by atoms with Crippen LogP contribution in [0.5, 0.6) is 0 Å². The lowest BCUT2D eigenvalue weighted by atomic mass is 9.76. The molecule has 0 aromatic carbocycles. The second-order valence-electron chi connectivity index (χ2n) is 5.70. The number of piperidine rings is 1. The molecule has 2 aliphatic rings. The fourth-order valence-electron chi connectivity index (χ4n) is 2.83. The Kier molecular flexibility index (Phi) is 7.42. The molecule has 2 saturated heterocycles. The first-order valence-electron chi connectivity index (χ1n) is 7.31. The number of nitrogens with zero attached hydrogens (tertiary/aromatic N) is 1. The molecule has 21 heavy (non-hydrogen) atoms. The molecule has 1 N–H and O–H groups in total. The normalized spacial score (nSPS) is 21.3. The first kappa shape index (κ1) is 18.2. The van der Waals surface area contributed by atoms with Gasteiger partial charge in [0.15, 0.2) is 0 Å². The van der Waals surface area contributed by atoms with Gasteiger partial charge >= 0.3 is 5.97 Å². The number of nitrogens with one attached hydrogen (secondary N) is 1. The van der Waals surface area contributed by atoms with Crippen LogP contribution in [0.2, 0.25) is 0 Å². The molecule has 2 aliphatic heterocycles. The lowest BCUT2D eigenvalue weighted by molar-refractivity contribution is -0.149. The van der Waals surface area contributed by atoms with Gasteiger partial charge in [0.2, 0.25) is 5.91 Å². The van der Waals surface area contributed by atoms with E-state index in [1.807, 2.05) is 4.90 Å². The summed E-state index contributed by atoms with van der Waals surface area (Å²) < 4.78 is 10.5. The summed E-state index contributed by atoms with van der Waals surface area (Å²) in [5.74, 6) is -0.121. The monoisotopic (exact) mass is 320 g/mol. The number of amides is 1. The molecule has 2 rings (SSSR count). The first-order valence-corrected chi connectivity index (χ1v) is 7.31. The second-order valence-corrected chi connectivity index (χ2v) is 5.70. The molecule has 7 heteroatoms. The zero-order valence-electron chi connectivity index (χ0n) is 12.6. The summed E-state index contributed by atoms with van der Waals surface area (Å²) >= 11 is 0. The minimum atomic E-state index is -0.276. The Bertz CT molecular complexity index is 353. The van der Waals surface area contributed by atoms with Crippen molar-refractivity contribution in [2.75, 3.05) is 46.0 Å². The molecule has 2 fully saturated rings. The third-order valence-corrected chi connectivity index (χ3v) is 4.14. The van der Waals surface area contributed by atoms with Gasteiger partial charge in [0.1, 0.15) is 0 Å². The molecular weight excluding hydrogens is 296 g/mol. The molecule has 0 atom stereocenters. The maximum absolute atomic E-state index is 12.4. The molecule has 0 aliphatic carbocycles. The molecule has 0 saturated carbocycles. The van der Waals surface area contributed by atoms with Crippen LogP contribution in [0.3, 0.4) is 0 Å². The van der Waals surface area contributed by atoms with Crippen LogP contribution in [0, 0.1) is 5.41 Å². The molecular formula is C14H25ClN2O4. The Morgan fingerprint density at radius 3 is 2.43 bits per heavy atom. The van der Waals surface area contributed by atoms with E-state index in [0.29, 0.717) is 39.3 Å². The van der Waals surface area contributed by atoms with Crippen LogP contribution in [-0.4, -0.2) is 62.8 Å². The lowest BCUT2D eigenvalue weighted by Gasteiger charge is -2.38. The summed E-state index contributed by atoms with van der Waals surface area (Å²) in [4.78, 5) is 25.4. The van der Waals surface area contributed by atoms with Gasteiger partial charge < -0.3 is 19.7 Å². The molecule has 0 radical (unpaired) electrons. The van der Waals surface area contributed by atoms with Crippen LogP contribution in [-0.2, 0) is 19.1 Å². The van der Waals surface area contributed by atoms with Gasteiger partial charge in [0.25, 0.3) is 0 Å². The Hall–Kier alpha value is -0.850. The highest BCUT2D eigenvalue weighted by atomic mass is 35.5. The smallest absolute Gasteiger partial charge is 0.302 e. The van der Waals surface area contributed by atoms with Gasteiger partial charge in [-0.25, -0.2) is 0 Å². The predicted molar refractivity (Wildman–Crippen MR) is 80.4 cm³/mol. The maximum Gasteiger partial charge on any atom is 0.302 e. The van der Waals surface area contributed by atoms with Crippen molar-refractivity contribution in [3.63, 3.8) is 0 Å². The second kappa shape index (κ2) is 8.56. The summed E-state index contributed by atoms with van der Waals surface area (Å²) in [6, 6.07) is 0. The predicted octanol–water partition coefficient (Wildman–Crippen LogP) is 0.590. The van der Waals surface area contributed by atoms with E-state index in [4.69, 9.17) is 9.47 Å². The lowest BCUT2D eigenvalue weighted by Crippen LogP contribution is -2.47. The summed E-state index contributed by atoms with van der Waals surface area (Å²) in [7, 11) is 0. The fraction of sp³-hybridized carbons (Fsp3) is 0.857. The SMILES string of the molecule is CC(=O)OCC1(CC(=O)N2CCOCC2)CCNCC1.Cl. The summed E-state index contributed by atoms with van der Waals surface area (Å²) in [6.07, 6.45) is 2.20. The number of rotatable bonds is 4. The van der Waals surface area contributed by atoms with Gasteiger partial charge in [-0.05, 0) is 25.9 Å². The van der Waals surface area contributed by atoms with Gasteiger partial charge in [-0.15, -0.1) is 12.4 Å². The number of esters is 1. The Labute approximate surface area is 131 Å². The molecule has 0 unspecified atom stereocenters. The molecule has 122 valence electrons. The summed E-state index contributed by atoms with van der Waals surface area (Å²) in [5.41, 5.74) is -0.202. The highest BCUT2D eigenvalue weighted by Gasteiger charge is 2.37. The van der Waals surface area contributed by atoms with E-state index in [9.17, 15) is 9.59 Å². The van der Waals surface area contributed by atoms with Gasteiger partial charge in [0.05, 0.1) is 19.8 Å². The summed E-state index contributed by atoms with van der Waals surface area (Å²) in [6.45, 7) is 6.07. The number of halogens is 1. The van der Waals surface area contributed by atoms with Crippen molar-refractivity contribution >= 4 is 24.3 Å². The van der Waals surface area contributed by atoms with Crippen LogP contribution in [0.25, 0.3) is 0 Å². The third-order valence-electron chi connectivity index (χ3n) is 4.14. The maximum atomic E-state index is 12.4. The van der Waals surface area contributed by atoms with Crippen molar-refractivity contribution in [3.05, 3.63) is 0 Å². The number of carbonyl (C=O) groups excluding carboxylic acids is 2. The van der Waals surface area contributed by atoms with Crippen molar-refractivity contribution in [2.24, 2.45) is 5.41 Å². The summed E-state index contributed by atoms with van der Waals surface area (Å²) in [5, 5.41) is 3.29. The minimum absolute atomic E-state index is 0. The average Bonchev–Trinajstić information content (AvgIpc) is 2.47. The van der Waals surface area contributed by atoms with Gasteiger partial charge in [-0.1, -0.05) is 0 Å². The Morgan fingerprint density at radius 1 is 1.24 bits per heavy atom. The van der Waals surface area contributed by atoms with E-state index >= 15 is 0 Å². The topological polar surface area (TPSA) is 67.9 Å². The van der Waals surface area contributed by atoms with E-state index in [2.05, 4.69) is 5.32 Å². The van der Waals surface area contributed by atoms with Gasteiger partial charge in [-0.2, -0.15) is 0 Å². The quantitative estimate of drug-likeness (QED) is 0.768. The molecule has 1 amide bonds. The zero-order valence-corrected chi connectivity index (χ0v) is 13.4. The van der Waals surface area contributed by atoms with Gasteiger partial charge in [-0.3, -0.25) is 9.59 Å². The highest BCUT2D eigenvalue weighted by Crippen LogP contribution is 2.34.